The van der Waals surface area contributed by atoms with Crippen LogP contribution in [0.5, 0.6) is 0 Å². The number of benzene rings is 2. The topological polar surface area (TPSA) is 116 Å². The molecule has 2 aromatic carbocycles. The second kappa shape index (κ2) is 8.17. The molecule has 30 heavy (non-hydrogen) atoms. The van der Waals surface area contributed by atoms with Crippen molar-refractivity contribution in [1.82, 2.24) is 9.97 Å². The number of aromatic amines is 1. The van der Waals surface area contributed by atoms with Gasteiger partial charge in [-0.25, -0.2) is 0 Å². The fourth-order valence-corrected chi connectivity index (χ4v) is 3.69. The van der Waals surface area contributed by atoms with Crippen molar-refractivity contribution >= 4 is 58.2 Å². The van der Waals surface area contributed by atoms with Gasteiger partial charge < -0.3 is 16.0 Å². The summed E-state index contributed by atoms with van der Waals surface area (Å²) < 4.78 is 0. The molecule has 2 heterocycles. The second-order valence-corrected chi connectivity index (χ2v) is 7.49. The summed E-state index contributed by atoms with van der Waals surface area (Å²) in [7, 11) is 0. The van der Waals surface area contributed by atoms with Crippen molar-refractivity contribution in [3.8, 4) is 0 Å². The number of carbonyl (C=O) groups is 2. The SMILES string of the molecule is O=C1C[C@H](C(=O)Nc2ccccc2)c2c(nc(Nc3cc(Cl)cc(Cl)c3)[nH]c2=O)N1. The number of nitrogens with one attached hydrogen (secondary N) is 4. The van der Waals surface area contributed by atoms with Crippen LogP contribution in [0.3, 0.4) is 0 Å². The lowest BCUT2D eigenvalue weighted by Crippen LogP contribution is -2.36. The first-order chi connectivity index (χ1) is 14.4. The minimum atomic E-state index is -0.972. The van der Waals surface area contributed by atoms with Crippen molar-refractivity contribution in [2.24, 2.45) is 0 Å². The average Bonchev–Trinajstić information content (AvgIpc) is 2.67. The van der Waals surface area contributed by atoms with Gasteiger partial charge in [-0.1, -0.05) is 41.4 Å². The molecule has 0 radical (unpaired) electrons. The third kappa shape index (κ3) is 4.29. The fourth-order valence-electron chi connectivity index (χ4n) is 3.17. The zero-order chi connectivity index (χ0) is 21.3. The number of carbonyl (C=O) groups excluding carboxylic acids is 2. The lowest BCUT2D eigenvalue weighted by Gasteiger charge is -2.23. The van der Waals surface area contributed by atoms with E-state index in [4.69, 9.17) is 23.2 Å². The van der Waals surface area contributed by atoms with Gasteiger partial charge in [0.15, 0.2) is 0 Å². The zero-order valence-corrected chi connectivity index (χ0v) is 16.8. The summed E-state index contributed by atoms with van der Waals surface area (Å²) in [5, 5.41) is 8.97. The molecule has 1 aromatic heterocycles. The van der Waals surface area contributed by atoms with Gasteiger partial charge in [0.25, 0.3) is 5.56 Å². The van der Waals surface area contributed by atoms with E-state index >= 15 is 0 Å². The van der Waals surface area contributed by atoms with E-state index < -0.39 is 23.3 Å². The summed E-state index contributed by atoms with van der Waals surface area (Å²) in [4.78, 5) is 44.5. The zero-order valence-electron chi connectivity index (χ0n) is 15.3. The number of fused-ring (bicyclic) bond motifs is 1. The second-order valence-electron chi connectivity index (χ2n) is 6.62. The van der Waals surface area contributed by atoms with Crippen molar-refractivity contribution in [2.45, 2.75) is 12.3 Å². The quantitative estimate of drug-likeness (QED) is 0.488. The highest BCUT2D eigenvalue weighted by atomic mass is 35.5. The van der Waals surface area contributed by atoms with Gasteiger partial charge in [-0.15, -0.1) is 0 Å². The molecule has 1 aliphatic heterocycles. The van der Waals surface area contributed by atoms with Crippen LogP contribution in [-0.2, 0) is 9.59 Å². The summed E-state index contributed by atoms with van der Waals surface area (Å²) in [5.41, 5.74) is 0.619. The predicted molar refractivity (Wildman–Crippen MR) is 116 cm³/mol. The van der Waals surface area contributed by atoms with E-state index in [-0.39, 0.29) is 23.8 Å². The maximum absolute atomic E-state index is 12.8. The van der Waals surface area contributed by atoms with Crippen LogP contribution in [0.4, 0.5) is 23.1 Å². The first-order valence-corrected chi connectivity index (χ1v) is 9.68. The number of aromatic nitrogens is 2. The Kier molecular flexibility index (Phi) is 5.43. The summed E-state index contributed by atoms with van der Waals surface area (Å²) in [6, 6.07) is 13.5. The Balaban J connectivity index is 1.65. The fraction of sp³-hybridized carbons (Fsp3) is 0.100. The summed E-state index contributed by atoms with van der Waals surface area (Å²) in [6.45, 7) is 0. The number of H-pyrrole nitrogens is 1. The van der Waals surface area contributed by atoms with Crippen LogP contribution in [0.15, 0.2) is 53.3 Å². The number of amides is 2. The van der Waals surface area contributed by atoms with E-state index in [0.717, 1.165) is 0 Å². The molecule has 0 fully saturated rings. The molecule has 0 unspecified atom stereocenters. The lowest BCUT2D eigenvalue weighted by atomic mass is 9.92. The van der Waals surface area contributed by atoms with Gasteiger partial charge in [-0.05, 0) is 30.3 Å². The van der Waals surface area contributed by atoms with E-state index in [2.05, 4.69) is 25.9 Å². The van der Waals surface area contributed by atoms with E-state index in [1.54, 1.807) is 42.5 Å². The van der Waals surface area contributed by atoms with Crippen molar-refractivity contribution in [2.75, 3.05) is 16.0 Å². The van der Waals surface area contributed by atoms with Crippen molar-refractivity contribution in [1.29, 1.82) is 0 Å². The van der Waals surface area contributed by atoms with Crippen molar-refractivity contribution in [3.63, 3.8) is 0 Å². The van der Waals surface area contributed by atoms with Crippen molar-refractivity contribution < 1.29 is 9.59 Å². The molecule has 1 atom stereocenters. The van der Waals surface area contributed by atoms with Gasteiger partial charge >= 0.3 is 0 Å². The molecule has 8 nitrogen and oxygen atoms in total. The van der Waals surface area contributed by atoms with Gasteiger partial charge in [-0.3, -0.25) is 19.4 Å². The Hall–Kier alpha value is -3.36. The van der Waals surface area contributed by atoms with Crippen LogP contribution in [0.2, 0.25) is 10.0 Å². The number of para-hydroxylation sites is 1. The van der Waals surface area contributed by atoms with Crippen LogP contribution in [0.25, 0.3) is 0 Å². The Bertz CT molecular complexity index is 1180. The maximum atomic E-state index is 12.8. The third-order valence-corrected chi connectivity index (χ3v) is 4.87. The molecule has 0 bridgehead atoms. The molecular weight excluding hydrogens is 429 g/mol. The number of hydrogen-bond donors (Lipinski definition) is 4. The van der Waals surface area contributed by atoms with E-state index in [0.29, 0.717) is 21.4 Å². The molecule has 0 aliphatic carbocycles. The lowest BCUT2D eigenvalue weighted by molar-refractivity contribution is -0.123. The Morgan fingerprint density at radius 3 is 2.43 bits per heavy atom. The largest absolute Gasteiger partial charge is 0.326 e. The number of halogens is 2. The van der Waals surface area contributed by atoms with Crippen LogP contribution >= 0.6 is 23.2 Å². The highest BCUT2D eigenvalue weighted by Gasteiger charge is 2.34. The highest BCUT2D eigenvalue weighted by Crippen LogP contribution is 2.30. The summed E-state index contributed by atoms with van der Waals surface area (Å²) in [5.74, 6) is -1.75. The minimum absolute atomic E-state index is 0.0267. The monoisotopic (exact) mass is 443 g/mol. The van der Waals surface area contributed by atoms with Gasteiger partial charge in [0.1, 0.15) is 5.82 Å². The molecule has 4 N–H and O–H groups in total. The molecule has 4 rings (SSSR count). The molecule has 10 heteroatoms. The standard InChI is InChI=1S/C20H15Cl2N5O3/c21-10-6-11(22)8-13(7-10)24-20-26-17-16(19(30)27-20)14(9-15(28)25-17)18(29)23-12-4-2-1-3-5-12/h1-8,14H,9H2,(H,23,29)(H3,24,25,26,27,28,30)/t14-/m0/s1. The Labute approximate surface area is 180 Å². The Morgan fingerprint density at radius 2 is 1.73 bits per heavy atom. The normalized spacial score (nSPS) is 15.1. The predicted octanol–water partition coefficient (Wildman–Crippen LogP) is 3.88. The first kappa shape index (κ1) is 19.9. The number of hydrogen-bond acceptors (Lipinski definition) is 5. The number of rotatable bonds is 4. The number of anilines is 4. The number of nitrogens with zero attached hydrogens (tertiary/aromatic N) is 1. The molecular formula is C20H15Cl2N5O3. The molecule has 1 aliphatic rings. The highest BCUT2D eigenvalue weighted by molar-refractivity contribution is 6.35. The Morgan fingerprint density at radius 1 is 1.03 bits per heavy atom. The minimum Gasteiger partial charge on any atom is -0.326 e. The average molecular weight is 444 g/mol. The molecule has 3 aromatic rings. The van der Waals surface area contributed by atoms with E-state index in [9.17, 15) is 14.4 Å². The van der Waals surface area contributed by atoms with Crippen LogP contribution in [-0.4, -0.2) is 21.8 Å². The molecule has 0 saturated heterocycles. The molecule has 0 spiro atoms. The van der Waals surface area contributed by atoms with Gasteiger partial charge in [-0.2, -0.15) is 4.98 Å². The smallest absolute Gasteiger partial charge is 0.258 e. The third-order valence-electron chi connectivity index (χ3n) is 4.43. The van der Waals surface area contributed by atoms with Crippen LogP contribution in [0.1, 0.15) is 17.9 Å². The van der Waals surface area contributed by atoms with E-state index in [1.165, 1.54) is 0 Å². The molecule has 152 valence electrons. The van der Waals surface area contributed by atoms with Gasteiger partial charge in [0, 0.05) is 27.8 Å². The summed E-state index contributed by atoms with van der Waals surface area (Å²) >= 11 is 12.0. The van der Waals surface area contributed by atoms with E-state index in [1.807, 2.05) is 6.07 Å². The molecule has 0 saturated carbocycles. The maximum Gasteiger partial charge on any atom is 0.258 e. The summed E-state index contributed by atoms with van der Waals surface area (Å²) in [6.07, 6.45) is -0.160. The van der Waals surface area contributed by atoms with Gasteiger partial charge in [0.2, 0.25) is 17.8 Å². The van der Waals surface area contributed by atoms with Gasteiger partial charge in [0.05, 0.1) is 11.5 Å². The molecule has 2 amide bonds. The van der Waals surface area contributed by atoms with Crippen LogP contribution in [0, 0.1) is 0 Å². The van der Waals surface area contributed by atoms with Crippen molar-refractivity contribution in [3.05, 3.63) is 74.5 Å². The first-order valence-electron chi connectivity index (χ1n) is 8.92. The van der Waals surface area contributed by atoms with Crippen LogP contribution < -0.4 is 21.5 Å².